The lowest BCUT2D eigenvalue weighted by molar-refractivity contribution is -0.173. The Morgan fingerprint density at radius 2 is 1.79 bits per heavy atom. The molecule has 9 heteroatoms. The number of nitrogens with zero attached hydrogens (tertiary/aromatic N) is 3. The number of esters is 1. The number of rotatable bonds is 5. The van der Waals surface area contributed by atoms with E-state index in [-0.39, 0.29) is 23.1 Å². The van der Waals surface area contributed by atoms with E-state index in [1.807, 2.05) is 78.9 Å². The highest BCUT2D eigenvalue weighted by molar-refractivity contribution is 7.99. The molecular weight excluding hydrogens is 548 g/mol. The van der Waals surface area contributed by atoms with Gasteiger partial charge >= 0.3 is 5.97 Å². The molecule has 8 nitrogen and oxygen atoms in total. The van der Waals surface area contributed by atoms with Gasteiger partial charge < -0.3 is 20.1 Å². The van der Waals surface area contributed by atoms with Crippen molar-refractivity contribution in [2.45, 2.75) is 41.4 Å². The number of pyridine rings is 2. The molecule has 0 fully saturated rings. The van der Waals surface area contributed by atoms with Crippen LogP contribution in [0.1, 0.15) is 36.1 Å². The van der Waals surface area contributed by atoms with Crippen LogP contribution in [0.15, 0.2) is 105 Å². The molecule has 0 bridgehead atoms. The average Bonchev–Trinajstić information content (AvgIpc) is 3.36. The van der Waals surface area contributed by atoms with Crippen LogP contribution < -0.4 is 11.3 Å². The summed E-state index contributed by atoms with van der Waals surface area (Å²) in [6.45, 7) is 2.03. The van der Waals surface area contributed by atoms with Gasteiger partial charge in [-0.25, -0.2) is 9.78 Å². The first-order valence-corrected chi connectivity index (χ1v) is 14.4. The minimum Gasteiger partial charge on any atom is -0.449 e. The minimum absolute atomic E-state index is 0.0523. The Hall–Kier alpha value is -4.73. The monoisotopic (exact) mass is 574 g/mol. The van der Waals surface area contributed by atoms with Gasteiger partial charge in [-0.15, -0.1) is 0 Å². The summed E-state index contributed by atoms with van der Waals surface area (Å²) < 4.78 is 7.29. The zero-order valence-electron chi connectivity index (χ0n) is 22.7. The SMILES string of the molecule is CC[C@@]1(O)C(=O)OC(C=Nc2ccc(Sc3ccc(N)cc3)cc2)c2c1cc1n(c2=O)Cc2cc3ccccc3nc2-1. The van der Waals surface area contributed by atoms with Crippen molar-refractivity contribution < 1.29 is 14.6 Å². The van der Waals surface area contributed by atoms with Gasteiger partial charge in [0.1, 0.15) is 0 Å². The van der Waals surface area contributed by atoms with Crippen LogP contribution in [-0.2, 0) is 21.7 Å². The standard InChI is InChI=1S/C33H26N4O4S/c1-2-33(40)25-16-27-30-20(15-19-5-3-4-6-26(19)36-30)18-37(27)31(38)29(25)28(41-32(33)39)17-35-22-9-13-24(14-10-22)42-23-11-7-21(34)8-12-23/h3-17,28,40H,2,18,34H2,1H3/t28?,33-/m0/s1. The van der Waals surface area contributed by atoms with Gasteiger partial charge in [0.15, 0.2) is 11.7 Å². The predicted octanol–water partition coefficient (Wildman–Crippen LogP) is 5.76. The third-order valence-corrected chi connectivity index (χ3v) is 8.85. The van der Waals surface area contributed by atoms with Gasteiger partial charge in [0.2, 0.25) is 0 Å². The first-order chi connectivity index (χ1) is 20.3. The molecule has 0 saturated carbocycles. The molecule has 3 aromatic carbocycles. The Bertz CT molecular complexity index is 1970. The molecule has 42 heavy (non-hydrogen) atoms. The largest absolute Gasteiger partial charge is 0.449 e. The van der Waals surface area contributed by atoms with E-state index in [1.54, 1.807) is 29.3 Å². The van der Waals surface area contributed by atoms with E-state index in [4.69, 9.17) is 15.5 Å². The first kappa shape index (κ1) is 26.2. The number of hydrogen-bond donors (Lipinski definition) is 2. The van der Waals surface area contributed by atoms with E-state index >= 15 is 0 Å². The van der Waals surface area contributed by atoms with Crippen LogP contribution in [0.3, 0.4) is 0 Å². The normalized spacial score (nSPS) is 19.0. The quantitative estimate of drug-likeness (QED) is 0.153. The summed E-state index contributed by atoms with van der Waals surface area (Å²) in [6.07, 6.45) is 0.456. The van der Waals surface area contributed by atoms with E-state index in [9.17, 15) is 14.7 Å². The van der Waals surface area contributed by atoms with Crippen molar-refractivity contribution in [3.05, 3.63) is 112 Å². The van der Waals surface area contributed by atoms with E-state index in [0.717, 1.165) is 26.3 Å². The number of carbonyl (C=O) groups is 1. The molecule has 2 aliphatic heterocycles. The average molecular weight is 575 g/mol. The van der Waals surface area contributed by atoms with Crippen molar-refractivity contribution >= 4 is 46.2 Å². The lowest BCUT2D eigenvalue weighted by Crippen LogP contribution is -2.46. The van der Waals surface area contributed by atoms with Crippen LogP contribution in [0.4, 0.5) is 11.4 Å². The summed E-state index contributed by atoms with van der Waals surface area (Å²) in [6, 6.07) is 26.8. The van der Waals surface area contributed by atoms with Gasteiger partial charge in [0.05, 0.1) is 40.9 Å². The second-order valence-corrected chi connectivity index (χ2v) is 11.6. The lowest BCUT2D eigenvalue weighted by atomic mass is 9.83. The molecule has 1 unspecified atom stereocenters. The molecule has 0 radical (unpaired) electrons. The predicted molar refractivity (Wildman–Crippen MR) is 163 cm³/mol. The number of para-hydroxylation sites is 1. The van der Waals surface area contributed by atoms with E-state index < -0.39 is 17.7 Å². The van der Waals surface area contributed by atoms with Crippen molar-refractivity contribution in [2.24, 2.45) is 4.99 Å². The van der Waals surface area contributed by atoms with E-state index in [2.05, 4.69) is 4.99 Å². The second-order valence-electron chi connectivity index (χ2n) is 10.4. The van der Waals surface area contributed by atoms with E-state index in [1.165, 1.54) is 6.21 Å². The fourth-order valence-electron chi connectivity index (χ4n) is 5.55. The van der Waals surface area contributed by atoms with Gasteiger partial charge in [-0.2, -0.15) is 0 Å². The Morgan fingerprint density at radius 3 is 2.52 bits per heavy atom. The molecule has 2 aliphatic rings. The number of carbonyl (C=O) groups excluding carboxylic acids is 1. The number of cyclic esters (lactones) is 1. The molecule has 5 aromatic rings. The highest BCUT2D eigenvalue weighted by Crippen LogP contribution is 2.41. The molecule has 2 atom stereocenters. The molecular formula is C33H26N4O4S. The lowest BCUT2D eigenvalue weighted by Gasteiger charge is -2.34. The Morgan fingerprint density at radius 1 is 1.07 bits per heavy atom. The molecule has 3 N–H and O–H groups in total. The Kier molecular flexibility index (Phi) is 6.22. The molecule has 208 valence electrons. The number of nitrogens with two attached hydrogens (primary N) is 1. The maximum absolute atomic E-state index is 14.0. The maximum atomic E-state index is 14.0. The molecule has 4 heterocycles. The number of aliphatic hydroxyl groups is 1. The number of nitrogen functional groups attached to an aromatic ring is 1. The molecule has 2 aromatic heterocycles. The molecule has 0 saturated heterocycles. The molecule has 0 spiro atoms. The molecule has 0 amide bonds. The number of fused-ring (bicyclic) bond motifs is 5. The van der Waals surface area contributed by atoms with Crippen LogP contribution in [0.2, 0.25) is 0 Å². The van der Waals surface area contributed by atoms with Crippen LogP contribution in [-0.4, -0.2) is 26.8 Å². The maximum Gasteiger partial charge on any atom is 0.343 e. The highest BCUT2D eigenvalue weighted by Gasteiger charge is 2.48. The Balaban J connectivity index is 1.25. The summed E-state index contributed by atoms with van der Waals surface area (Å²) in [4.78, 5) is 38.6. The summed E-state index contributed by atoms with van der Waals surface area (Å²) in [5, 5.41) is 12.4. The summed E-state index contributed by atoms with van der Waals surface area (Å²) in [5.74, 6) is -0.807. The fourth-order valence-corrected chi connectivity index (χ4v) is 6.37. The van der Waals surface area contributed by atoms with Crippen molar-refractivity contribution in [1.82, 2.24) is 9.55 Å². The highest BCUT2D eigenvalue weighted by atomic mass is 32.2. The Labute approximate surface area is 245 Å². The van der Waals surface area contributed by atoms with Crippen molar-refractivity contribution in [2.75, 3.05) is 5.73 Å². The first-order valence-electron chi connectivity index (χ1n) is 13.6. The number of ether oxygens (including phenoxy) is 1. The zero-order chi connectivity index (χ0) is 29.0. The minimum atomic E-state index is -1.95. The van der Waals surface area contributed by atoms with Gasteiger partial charge in [-0.05, 0) is 73.2 Å². The smallest absolute Gasteiger partial charge is 0.343 e. The number of hydrogen-bond acceptors (Lipinski definition) is 8. The second kappa shape index (κ2) is 9.97. The number of anilines is 1. The van der Waals surface area contributed by atoms with Crippen molar-refractivity contribution in [1.29, 1.82) is 0 Å². The number of benzene rings is 3. The van der Waals surface area contributed by atoms with Crippen molar-refractivity contribution in [3.8, 4) is 11.4 Å². The van der Waals surface area contributed by atoms with E-state index in [0.29, 0.717) is 29.3 Å². The van der Waals surface area contributed by atoms with Crippen LogP contribution in [0.25, 0.3) is 22.3 Å². The third kappa shape index (κ3) is 4.29. The molecule has 7 rings (SSSR count). The summed E-state index contributed by atoms with van der Waals surface area (Å²) in [5.41, 5.74) is 8.25. The van der Waals surface area contributed by atoms with Gasteiger partial charge in [0, 0.05) is 32.0 Å². The number of aliphatic imine (C=N–C) groups is 1. The molecule has 0 aliphatic carbocycles. The topological polar surface area (TPSA) is 120 Å². The fraction of sp³-hybridized carbons (Fsp3) is 0.152. The van der Waals surface area contributed by atoms with Crippen LogP contribution >= 0.6 is 11.8 Å². The summed E-state index contributed by atoms with van der Waals surface area (Å²) >= 11 is 1.60. The van der Waals surface area contributed by atoms with Gasteiger partial charge in [0.25, 0.3) is 5.56 Å². The number of aromatic nitrogens is 2. The van der Waals surface area contributed by atoms with Crippen LogP contribution in [0.5, 0.6) is 0 Å². The van der Waals surface area contributed by atoms with Gasteiger partial charge in [-0.3, -0.25) is 9.79 Å². The van der Waals surface area contributed by atoms with Crippen LogP contribution in [0, 0.1) is 0 Å². The van der Waals surface area contributed by atoms with Gasteiger partial charge in [-0.1, -0.05) is 36.9 Å². The van der Waals surface area contributed by atoms with Crippen molar-refractivity contribution in [3.63, 3.8) is 0 Å². The third-order valence-electron chi connectivity index (χ3n) is 7.84. The summed E-state index contributed by atoms with van der Waals surface area (Å²) in [7, 11) is 0. The zero-order valence-corrected chi connectivity index (χ0v) is 23.5.